The Hall–Kier alpha value is -1.89. The Bertz CT molecular complexity index is 764. The fourth-order valence-corrected chi connectivity index (χ4v) is 4.98. The topological polar surface area (TPSA) is 40.1 Å². The van der Waals surface area contributed by atoms with Crippen LogP contribution in [-0.4, -0.2) is 67.7 Å². The largest absolute Gasteiger partial charge is 0.373 e. The van der Waals surface area contributed by atoms with Crippen molar-refractivity contribution < 1.29 is 4.74 Å². The molecular formula is C22H30N4OS. The Balaban J connectivity index is 1.36. The van der Waals surface area contributed by atoms with Crippen LogP contribution in [0.15, 0.2) is 52.2 Å². The van der Waals surface area contributed by atoms with Crippen molar-refractivity contribution in [2.75, 3.05) is 39.8 Å². The number of likely N-dealkylation sites (tertiary alicyclic amines) is 1. The fourth-order valence-electron chi connectivity index (χ4n) is 4.20. The number of benzene rings is 1. The predicted molar refractivity (Wildman–Crippen MR) is 116 cm³/mol. The zero-order valence-corrected chi connectivity index (χ0v) is 17.6. The molecule has 3 atom stereocenters. The minimum atomic E-state index is 0.255. The second kappa shape index (κ2) is 9.07. The third kappa shape index (κ3) is 4.40. The molecule has 0 spiro atoms. The van der Waals surface area contributed by atoms with E-state index in [0.717, 1.165) is 45.3 Å². The Morgan fingerprint density at radius 1 is 1.29 bits per heavy atom. The number of guanidine groups is 1. The maximum atomic E-state index is 6.11. The second-order valence-electron chi connectivity index (χ2n) is 7.72. The van der Waals surface area contributed by atoms with E-state index in [-0.39, 0.29) is 6.10 Å². The molecule has 28 heavy (non-hydrogen) atoms. The average molecular weight is 399 g/mol. The minimum Gasteiger partial charge on any atom is -0.373 e. The lowest BCUT2D eigenvalue weighted by Crippen LogP contribution is -2.50. The van der Waals surface area contributed by atoms with Gasteiger partial charge in [-0.2, -0.15) is 11.3 Å². The van der Waals surface area contributed by atoms with E-state index in [4.69, 9.17) is 4.74 Å². The molecule has 2 aromatic rings. The summed E-state index contributed by atoms with van der Waals surface area (Å²) in [5.74, 6) is 1.46. The van der Waals surface area contributed by atoms with Crippen LogP contribution in [0.1, 0.15) is 24.0 Å². The van der Waals surface area contributed by atoms with Crippen molar-refractivity contribution in [3.05, 3.63) is 58.3 Å². The molecule has 3 heterocycles. The standard InChI is InChI=1S/C22H30N4OS/c1-17(19-8-11-28-16-19)12-24-22(23-2)26-14-20-21(15-26)27-10-9-25(20)13-18-6-4-3-5-7-18/h3-8,11,16-17,20-21H,9-10,12-15H2,1-2H3,(H,23,24). The summed E-state index contributed by atoms with van der Waals surface area (Å²) in [4.78, 5) is 9.48. The molecule has 150 valence electrons. The summed E-state index contributed by atoms with van der Waals surface area (Å²) in [6.07, 6.45) is 0.255. The molecule has 2 saturated heterocycles. The second-order valence-corrected chi connectivity index (χ2v) is 8.50. The number of fused-ring (bicyclic) bond motifs is 1. The molecule has 3 unspecified atom stereocenters. The molecule has 0 bridgehead atoms. The molecule has 0 radical (unpaired) electrons. The summed E-state index contributed by atoms with van der Waals surface area (Å²) in [5, 5.41) is 7.95. The van der Waals surface area contributed by atoms with E-state index in [1.54, 1.807) is 11.3 Å². The molecule has 0 amide bonds. The minimum absolute atomic E-state index is 0.255. The van der Waals surface area contributed by atoms with Gasteiger partial charge in [0, 0.05) is 39.8 Å². The van der Waals surface area contributed by atoms with Crippen molar-refractivity contribution in [1.29, 1.82) is 0 Å². The first kappa shape index (κ1) is 19.4. The molecule has 2 aliphatic heterocycles. The lowest BCUT2D eigenvalue weighted by molar-refractivity contribution is -0.0502. The van der Waals surface area contributed by atoms with E-state index in [9.17, 15) is 0 Å². The zero-order chi connectivity index (χ0) is 19.3. The number of rotatable bonds is 5. The third-order valence-corrected chi connectivity index (χ3v) is 6.54. The van der Waals surface area contributed by atoms with Crippen LogP contribution < -0.4 is 5.32 Å². The predicted octanol–water partition coefficient (Wildman–Crippen LogP) is 3.01. The Labute approximate surface area is 172 Å². The SMILES string of the molecule is CN=C(NCC(C)c1ccsc1)N1CC2OCCN(Cc3ccccc3)C2C1. The quantitative estimate of drug-likeness (QED) is 0.621. The molecule has 2 fully saturated rings. The van der Waals surface area contributed by atoms with E-state index in [0.29, 0.717) is 12.0 Å². The van der Waals surface area contributed by atoms with Crippen LogP contribution in [0.25, 0.3) is 0 Å². The number of nitrogens with zero attached hydrogens (tertiary/aromatic N) is 3. The van der Waals surface area contributed by atoms with Gasteiger partial charge in [-0.3, -0.25) is 9.89 Å². The van der Waals surface area contributed by atoms with Crippen molar-refractivity contribution in [2.24, 2.45) is 4.99 Å². The molecule has 1 aromatic carbocycles. The number of ether oxygens (including phenoxy) is 1. The Morgan fingerprint density at radius 2 is 2.14 bits per heavy atom. The molecule has 4 rings (SSSR count). The van der Waals surface area contributed by atoms with Gasteiger partial charge in [0.15, 0.2) is 5.96 Å². The monoisotopic (exact) mass is 398 g/mol. The van der Waals surface area contributed by atoms with Crippen LogP contribution in [0, 0.1) is 0 Å². The van der Waals surface area contributed by atoms with E-state index >= 15 is 0 Å². The van der Waals surface area contributed by atoms with Gasteiger partial charge in [0.1, 0.15) is 0 Å². The summed E-state index contributed by atoms with van der Waals surface area (Å²) in [6.45, 7) is 7.81. The van der Waals surface area contributed by atoms with E-state index in [1.807, 2.05) is 7.05 Å². The van der Waals surface area contributed by atoms with Crippen molar-refractivity contribution in [2.45, 2.75) is 31.5 Å². The lowest BCUT2D eigenvalue weighted by Gasteiger charge is -2.36. The van der Waals surface area contributed by atoms with Crippen molar-refractivity contribution in [1.82, 2.24) is 15.1 Å². The molecule has 2 aliphatic rings. The van der Waals surface area contributed by atoms with Crippen LogP contribution in [0.5, 0.6) is 0 Å². The van der Waals surface area contributed by atoms with Gasteiger partial charge in [0.2, 0.25) is 0 Å². The van der Waals surface area contributed by atoms with Gasteiger partial charge in [-0.05, 0) is 33.9 Å². The van der Waals surface area contributed by atoms with Gasteiger partial charge >= 0.3 is 0 Å². The number of morpholine rings is 1. The number of hydrogen-bond acceptors (Lipinski definition) is 4. The highest BCUT2D eigenvalue weighted by Gasteiger charge is 2.41. The van der Waals surface area contributed by atoms with Crippen LogP contribution in [0.3, 0.4) is 0 Å². The maximum Gasteiger partial charge on any atom is 0.193 e. The summed E-state index contributed by atoms with van der Waals surface area (Å²) in [5.41, 5.74) is 2.76. The maximum absolute atomic E-state index is 6.11. The molecule has 1 aromatic heterocycles. The lowest BCUT2D eigenvalue weighted by atomic mass is 10.1. The van der Waals surface area contributed by atoms with Gasteiger partial charge in [-0.25, -0.2) is 0 Å². The van der Waals surface area contributed by atoms with Gasteiger partial charge in [0.05, 0.1) is 18.8 Å². The molecule has 1 N–H and O–H groups in total. The molecule has 5 nitrogen and oxygen atoms in total. The number of aliphatic imine (C=N–C) groups is 1. The summed E-state index contributed by atoms with van der Waals surface area (Å²) in [7, 11) is 1.88. The highest BCUT2D eigenvalue weighted by Crippen LogP contribution is 2.25. The number of hydrogen-bond donors (Lipinski definition) is 1. The summed E-state index contributed by atoms with van der Waals surface area (Å²) >= 11 is 1.76. The van der Waals surface area contributed by atoms with E-state index in [1.165, 1.54) is 11.1 Å². The summed E-state index contributed by atoms with van der Waals surface area (Å²) < 4.78 is 6.11. The van der Waals surface area contributed by atoms with Crippen LogP contribution in [0.2, 0.25) is 0 Å². The molecule has 0 saturated carbocycles. The van der Waals surface area contributed by atoms with E-state index in [2.05, 4.69) is 74.2 Å². The highest BCUT2D eigenvalue weighted by atomic mass is 32.1. The van der Waals surface area contributed by atoms with Gasteiger partial charge in [0.25, 0.3) is 0 Å². The highest BCUT2D eigenvalue weighted by molar-refractivity contribution is 7.07. The van der Waals surface area contributed by atoms with Gasteiger partial charge in [-0.15, -0.1) is 0 Å². The normalized spacial score (nSPS) is 24.2. The third-order valence-electron chi connectivity index (χ3n) is 5.83. The van der Waals surface area contributed by atoms with Crippen LogP contribution >= 0.6 is 11.3 Å². The number of nitrogens with one attached hydrogen (secondary N) is 1. The van der Waals surface area contributed by atoms with Gasteiger partial charge in [-0.1, -0.05) is 37.3 Å². The van der Waals surface area contributed by atoms with Crippen molar-refractivity contribution in [3.8, 4) is 0 Å². The smallest absolute Gasteiger partial charge is 0.193 e. The first-order valence-corrected chi connectivity index (χ1v) is 11.1. The first-order chi connectivity index (χ1) is 13.7. The zero-order valence-electron chi connectivity index (χ0n) is 16.8. The Morgan fingerprint density at radius 3 is 2.89 bits per heavy atom. The molecule has 6 heteroatoms. The Kier molecular flexibility index (Phi) is 6.29. The number of thiophene rings is 1. The average Bonchev–Trinajstić information content (AvgIpc) is 3.40. The fraction of sp³-hybridized carbons (Fsp3) is 0.500. The summed E-state index contributed by atoms with van der Waals surface area (Å²) in [6, 6.07) is 13.4. The molecule has 0 aliphatic carbocycles. The van der Waals surface area contributed by atoms with Crippen LogP contribution in [0.4, 0.5) is 0 Å². The first-order valence-electron chi connectivity index (χ1n) is 10.1. The molecular weight excluding hydrogens is 368 g/mol. The van der Waals surface area contributed by atoms with E-state index < -0.39 is 0 Å². The van der Waals surface area contributed by atoms with Gasteiger partial charge < -0.3 is 15.0 Å². The van der Waals surface area contributed by atoms with Crippen LogP contribution in [-0.2, 0) is 11.3 Å². The van der Waals surface area contributed by atoms with Crippen molar-refractivity contribution >= 4 is 17.3 Å². The van der Waals surface area contributed by atoms with Crippen molar-refractivity contribution in [3.63, 3.8) is 0 Å².